The minimum atomic E-state index is 0. The van der Waals surface area contributed by atoms with Crippen LogP contribution in [-0.2, 0) is 25.7 Å². The van der Waals surface area contributed by atoms with Gasteiger partial charge in [-0.15, -0.1) is 4.91 Å². The Kier molecular flexibility index (Phi) is 27.2. The molecule has 4 N–H and O–H groups in total. The Morgan fingerprint density at radius 1 is 0.537 bits per heavy atom. The van der Waals surface area contributed by atoms with E-state index in [0.29, 0.717) is 0 Å². The molecule has 4 bridgehead atoms. The van der Waals surface area contributed by atoms with Crippen molar-refractivity contribution in [2.75, 3.05) is 0 Å². The third-order valence-corrected chi connectivity index (χ3v) is 5.69. The van der Waals surface area contributed by atoms with E-state index >= 15 is 0 Å². The van der Waals surface area contributed by atoms with Crippen molar-refractivity contribution in [2.45, 2.75) is 61.8 Å². The second kappa shape index (κ2) is 25.7. The van der Waals surface area contributed by atoms with Crippen LogP contribution in [0, 0.1) is 29.5 Å². The quantitative estimate of drug-likeness (QED) is 0.106. The molecule has 0 unspecified atom stereocenters. The van der Waals surface area contributed by atoms with Crippen molar-refractivity contribution in [1.29, 1.82) is 10.8 Å². The Morgan fingerprint density at radius 3 is 0.878 bits per heavy atom. The summed E-state index contributed by atoms with van der Waals surface area (Å²) in [6.45, 7) is 11.7. The molecule has 8 rings (SSSR count). The summed E-state index contributed by atoms with van der Waals surface area (Å²) >= 11 is 0. The van der Waals surface area contributed by atoms with Gasteiger partial charge < -0.3 is 5.48 Å². The van der Waals surface area contributed by atoms with Crippen molar-refractivity contribution in [2.24, 2.45) is 11.1 Å². The first-order chi connectivity index (χ1) is 17.9. The number of nitroso groups, excluding NO2 is 1. The molecule has 4 aliphatic carbocycles. The Labute approximate surface area is 248 Å². The maximum Gasteiger partial charge on any atom is 0.0468 e. The predicted molar refractivity (Wildman–Crippen MR) is 178 cm³/mol. The van der Waals surface area contributed by atoms with Crippen LogP contribution in [0.1, 0.15) is 55.7 Å². The molecule has 4 aromatic rings. The highest BCUT2D eigenvalue weighted by molar-refractivity contribution is 5.29. The summed E-state index contributed by atoms with van der Waals surface area (Å²) in [5.74, 6) is 3.92. The van der Waals surface area contributed by atoms with Gasteiger partial charge in [0, 0.05) is 16.1 Å². The van der Waals surface area contributed by atoms with Gasteiger partial charge in [0.15, 0.2) is 0 Å². The fourth-order valence-corrected chi connectivity index (χ4v) is 3.50. The van der Waals surface area contributed by atoms with E-state index < -0.39 is 0 Å². The van der Waals surface area contributed by atoms with Crippen molar-refractivity contribution in [3.05, 3.63) is 146 Å². The zero-order chi connectivity index (χ0) is 27.5. The number of aryl methyl sites for hydroxylation is 6. The molecule has 0 atom stereocenters. The van der Waals surface area contributed by atoms with Crippen molar-refractivity contribution in [1.82, 2.24) is 0 Å². The largest absolute Gasteiger partial charge is 0.412 e. The van der Waals surface area contributed by atoms with Gasteiger partial charge in [0.05, 0.1) is 0 Å². The average molecular weight is 559 g/mol. The molecular formula is C35H50N4O2. The molecule has 0 amide bonds. The number of nitrogens with two attached hydrogens (primary N) is 1. The average Bonchev–Trinajstić information content (AvgIpc) is 2.92. The standard InChI is InChI=1S/C16H16.C8H10.C8H8.3CH4.H2N2O.N2.H2O/c1-2-14-4-3-13(1)9-10-15-5-7-16(8-6-15)12-11-14;2*1-7-3-5-8(2)6-4-7;;;;1-2-3;1-2;/h1-8H,9-12H2;3-6H,1-2H3;3-6H,1-2H2;3*1H4;(H2,1,3);;1H2. The number of hydrogen-bond donors (Lipinski definition) is 1. The Balaban J connectivity index is -0.000000237. The monoisotopic (exact) mass is 558 g/mol. The molecule has 6 nitrogen and oxygen atoms in total. The molecule has 0 saturated heterocycles. The van der Waals surface area contributed by atoms with Crippen LogP contribution in [0.15, 0.2) is 102 Å². The molecule has 4 aromatic carbocycles. The lowest BCUT2D eigenvalue weighted by Crippen LogP contribution is -2.02. The van der Waals surface area contributed by atoms with Crippen LogP contribution in [0.2, 0.25) is 0 Å². The number of hydrogen-bond acceptors (Lipinski definition) is 4. The SMILES string of the molecule is C.C.C.C=c1ccc(=C)cc1.Cc1ccc(C)cc1.N#N.NN=O.O.c1cc2ccc1CCc1ccc(cc1)CC2. The second-order valence-electron chi connectivity index (χ2n) is 8.71. The van der Waals surface area contributed by atoms with Gasteiger partial charge in [-0.25, -0.2) is 0 Å². The summed E-state index contributed by atoms with van der Waals surface area (Å²) in [7, 11) is 0. The summed E-state index contributed by atoms with van der Waals surface area (Å²) in [5.41, 5.74) is 8.47. The van der Waals surface area contributed by atoms with E-state index in [4.69, 9.17) is 15.7 Å². The molecule has 0 aromatic heterocycles. The third-order valence-electron chi connectivity index (χ3n) is 5.69. The molecular weight excluding hydrogens is 508 g/mol. The van der Waals surface area contributed by atoms with Gasteiger partial charge in [0.1, 0.15) is 0 Å². The van der Waals surface area contributed by atoms with Crippen LogP contribution in [0.4, 0.5) is 0 Å². The summed E-state index contributed by atoms with van der Waals surface area (Å²) in [6.07, 6.45) is 4.61. The van der Waals surface area contributed by atoms with E-state index in [1.54, 1.807) is 5.29 Å². The maximum atomic E-state index is 8.33. The van der Waals surface area contributed by atoms with Gasteiger partial charge >= 0.3 is 0 Å². The molecule has 0 heterocycles. The van der Waals surface area contributed by atoms with Gasteiger partial charge in [-0.2, -0.15) is 0 Å². The molecule has 4 aliphatic rings. The van der Waals surface area contributed by atoms with Crippen LogP contribution < -0.4 is 16.3 Å². The number of nitrogens with zero attached hydrogens (tertiary/aromatic N) is 3. The summed E-state index contributed by atoms with van der Waals surface area (Å²) in [6, 6.07) is 34.5. The number of rotatable bonds is 0. The molecule has 0 spiro atoms. The highest BCUT2D eigenvalue weighted by Crippen LogP contribution is 2.15. The zero-order valence-electron chi connectivity index (χ0n) is 22.3. The second-order valence-corrected chi connectivity index (χ2v) is 8.71. The van der Waals surface area contributed by atoms with E-state index in [1.165, 1.54) is 33.4 Å². The molecule has 0 saturated carbocycles. The fourth-order valence-electron chi connectivity index (χ4n) is 3.50. The van der Waals surface area contributed by atoms with E-state index in [9.17, 15) is 0 Å². The van der Waals surface area contributed by atoms with Crippen LogP contribution >= 0.6 is 0 Å². The normalized spacial score (nSPS) is 9.56. The molecule has 0 aliphatic heterocycles. The Morgan fingerprint density at radius 2 is 0.707 bits per heavy atom. The minimum Gasteiger partial charge on any atom is -0.412 e. The van der Waals surface area contributed by atoms with E-state index in [-0.39, 0.29) is 27.8 Å². The van der Waals surface area contributed by atoms with Gasteiger partial charge in [-0.1, -0.05) is 144 Å². The van der Waals surface area contributed by atoms with Crippen molar-refractivity contribution in [3.8, 4) is 0 Å². The number of benzene rings is 4. The molecule has 0 fully saturated rings. The van der Waals surface area contributed by atoms with Crippen LogP contribution in [-0.4, -0.2) is 5.48 Å². The summed E-state index contributed by atoms with van der Waals surface area (Å²) in [5, 5.41) is 15.8. The minimum absolute atomic E-state index is 0. The maximum absolute atomic E-state index is 8.33. The van der Waals surface area contributed by atoms with Gasteiger partial charge in [0.2, 0.25) is 0 Å². The molecule has 0 radical (unpaired) electrons. The van der Waals surface area contributed by atoms with E-state index in [0.717, 1.165) is 36.1 Å². The predicted octanol–water partition coefficient (Wildman–Crippen LogP) is 7.12. The first-order valence-electron chi connectivity index (χ1n) is 12.0. The smallest absolute Gasteiger partial charge is 0.0468 e. The van der Waals surface area contributed by atoms with E-state index in [2.05, 4.69) is 106 Å². The lowest BCUT2D eigenvalue weighted by atomic mass is 9.97. The fraction of sp³-hybridized carbons (Fsp3) is 0.257. The highest BCUT2D eigenvalue weighted by atomic mass is 16.3. The van der Waals surface area contributed by atoms with Crippen LogP contribution in [0.5, 0.6) is 0 Å². The molecule has 222 valence electrons. The Hall–Kier alpha value is -4.60. The van der Waals surface area contributed by atoms with Gasteiger partial charge in [-0.3, -0.25) is 5.84 Å². The van der Waals surface area contributed by atoms with Gasteiger partial charge in [-0.05, 0) is 72.2 Å². The highest BCUT2D eigenvalue weighted by Gasteiger charge is 2.01. The van der Waals surface area contributed by atoms with Crippen molar-refractivity contribution < 1.29 is 5.48 Å². The molecule has 6 heteroatoms. The summed E-state index contributed by atoms with van der Waals surface area (Å²) < 4.78 is 0. The first kappa shape index (κ1) is 43.5. The van der Waals surface area contributed by atoms with E-state index in [1.807, 2.05) is 24.3 Å². The lowest BCUT2D eigenvalue weighted by Gasteiger charge is -2.09. The molecule has 41 heavy (non-hydrogen) atoms. The van der Waals surface area contributed by atoms with Crippen LogP contribution in [0.3, 0.4) is 0 Å². The third kappa shape index (κ3) is 19.2. The first-order valence-corrected chi connectivity index (χ1v) is 12.0. The van der Waals surface area contributed by atoms with Crippen molar-refractivity contribution in [3.63, 3.8) is 0 Å². The van der Waals surface area contributed by atoms with Gasteiger partial charge in [0.25, 0.3) is 0 Å². The summed E-state index contributed by atoms with van der Waals surface area (Å²) in [4.78, 5) is 8.33. The topological polar surface area (TPSA) is 135 Å². The van der Waals surface area contributed by atoms with Crippen LogP contribution in [0.25, 0.3) is 13.2 Å². The lowest BCUT2D eigenvalue weighted by molar-refractivity contribution is 0.824. The van der Waals surface area contributed by atoms with Crippen molar-refractivity contribution >= 4 is 13.2 Å². The zero-order valence-corrected chi connectivity index (χ0v) is 22.3. The Bertz CT molecular complexity index is 1130.